The van der Waals surface area contributed by atoms with E-state index in [0.29, 0.717) is 11.6 Å². The summed E-state index contributed by atoms with van der Waals surface area (Å²) in [6, 6.07) is 6.74. The van der Waals surface area contributed by atoms with Gasteiger partial charge in [-0.2, -0.15) is 10.2 Å². The zero-order valence-electron chi connectivity index (χ0n) is 18.8. The van der Waals surface area contributed by atoms with Crippen LogP contribution in [0.25, 0.3) is 22.4 Å². The highest BCUT2D eigenvalue weighted by atomic mass is 19.1. The Morgan fingerprint density at radius 2 is 2.06 bits per heavy atom. The summed E-state index contributed by atoms with van der Waals surface area (Å²) in [7, 11) is 1.92. The Kier molecular flexibility index (Phi) is 4.33. The molecule has 5 heterocycles. The van der Waals surface area contributed by atoms with E-state index in [2.05, 4.69) is 22.8 Å². The van der Waals surface area contributed by atoms with Crippen molar-refractivity contribution in [2.75, 3.05) is 5.73 Å². The van der Waals surface area contributed by atoms with Crippen molar-refractivity contribution in [2.45, 2.75) is 45.3 Å². The Labute approximate surface area is 191 Å². The van der Waals surface area contributed by atoms with Crippen LogP contribution in [0, 0.1) is 5.82 Å². The molecule has 6 rings (SSSR count). The lowest BCUT2D eigenvalue weighted by atomic mass is 9.87. The number of fused-ring (bicyclic) bond motifs is 7. The number of pyridine rings is 1. The van der Waals surface area contributed by atoms with Gasteiger partial charge in [-0.25, -0.2) is 9.37 Å². The number of halogens is 1. The van der Waals surface area contributed by atoms with Crippen molar-refractivity contribution in [3.8, 4) is 28.1 Å². The van der Waals surface area contributed by atoms with Gasteiger partial charge in [0.15, 0.2) is 11.6 Å². The van der Waals surface area contributed by atoms with Gasteiger partial charge in [0.25, 0.3) is 0 Å². The molecule has 2 atom stereocenters. The highest BCUT2D eigenvalue weighted by molar-refractivity contribution is 5.75. The van der Waals surface area contributed by atoms with Gasteiger partial charge in [-0.15, -0.1) is 0 Å². The third-order valence-corrected chi connectivity index (χ3v) is 6.77. The third-order valence-electron chi connectivity index (χ3n) is 6.77. The number of benzene rings is 1. The van der Waals surface area contributed by atoms with Crippen LogP contribution in [-0.4, -0.2) is 24.5 Å². The Morgan fingerprint density at radius 3 is 2.88 bits per heavy atom. The number of hydrogen-bond acceptors (Lipinski definition) is 5. The van der Waals surface area contributed by atoms with Crippen LogP contribution < -0.4 is 10.5 Å². The van der Waals surface area contributed by atoms with E-state index in [1.165, 1.54) is 12.1 Å². The minimum absolute atomic E-state index is 0.117. The molecule has 7 nitrogen and oxygen atoms in total. The number of ether oxygens (including phenoxy) is 1. The summed E-state index contributed by atoms with van der Waals surface area (Å²) in [4.78, 5) is 4.44. The second-order valence-electron chi connectivity index (χ2n) is 8.83. The standard InChI is InChI=1S/C25H25FN6O/c1-4-20-22-14-9-21(25(27)28-11-14)33-13(2)18-10-15(26)5-6-16(18)23-19(12-31(3)30-23)17-7-8-32(29-20)24(17)22/h5-6,9-13,17H,4,7-8H2,1-3H3,(H2,27,28)/t13-,17-/m1/s1. The van der Waals surface area contributed by atoms with Crippen LogP contribution in [0.3, 0.4) is 0 Å². The van der Waals surface area contributed by atoms with Gasteiger partial charge >= 0.3 is 0 Å². The Balaban J connectivity index is 1.70. The maximum atomic E-state index is 14.4. The predicted molar refractivity (Wildman–Crippen MR) is 123 cm³/mol. The summed E-state index contributed by atoms with van der Waals surface area (Å²) < 4.78 is 24.6. The second kappa shape index (κ2) is 7.16. The normalized spacial score (nSPS) is 18.5. The van der Waals surface area contributed by atoms with Crippen LogP contribution in [0.5, 0.6) is 5.75 Å². The van der Waals surface area contributed by atoms with Gasteiger partial charge in [0, 0.05) is 59.7 Å². The van der Waals surface area contributed by atoms with Gasteiger partial charge in [-0.3, -0.25) is 9.36 Å². The monoisotopic (exact) mass is 444 g/mol. The van der Waals surface area contributed by atoms with Crippen molar-refractivity contribution in [1.82, 2.24) is 24.5 Å². The van der Waals surface area contributed by atoms with Crippen molar-refractivity contribution < 1.29 is 9.13 Å². The largest absolute Gasteiger partial charge is 0.482 e. The van der Waals surface area contributed by atoms with Crippen LogP contribution in [0.4, 0.5) is 10.2 Å². The predicted octanol–water partition coefficient (Wildman–Crippen LogP) is 4.62. The van der Waals surface area contributed by atoms with Gasteiger partial charge in [0.05, 0.1) is 17.1 Å². The van der Waals surface area contributed by atoms with E-state index >= 15 is 0 Å². The fourth-order valence-corrected chi connectivity index (χ4v) is 5.30. The average Bonchev–Trinajstić information content (AvgIpc) is 3.47. The van der Waals surface area contributed by atoms with Crippen LogP contribution >= 0.6 is 0 Å². The van der Waals surface area contributed by atoms with Gasteiger partial charge in [0.1, 0.15) is 11.9 Å². The number of aryl methyl sites for hydroxylation is 3. The molecule has 2 aliphatic rings. The SMILES string of the molecule is CCc1nn2c3c1-c1cnc(N)c(c1)O[C@H](C)c1cc(F)ccc1-c1nn(C)cc1[C@H]3CC2. The molecule has 2 bridgehead atoms. The lowest BCUT2D eigenvalue weighted by Gasteiger charge is -2.22. The first kappa shape index (κ1) is 20.0. The molecular weight excluding hydrogens is 419 g/mol. The number of nitrogens with zero attached hydrogens (tertiary/aromatic N) is 5. The highest BCUT2D eigenvalue weighted by Crippen LogP contribution is 2.47. The summed E-state index contributed by atoms with van der Waals surface area (Å²) in [6.07, 6.45) is 5.15. The summed E-state index contributed by atoms with van der Waals surface area (Å²) >= 11 is 0. The zero-order valence-corrected chi connectivity index (χ0v) is 18.8. The number of aromatic nitrogens is 5. The van der Waals surface area contributed by atoms with Gasteiger partial charge in [-0.05, 0) is 44.0 Å². The molecule has 2 aliphatic heterocycles. The molecule has 0 fully saturated rings. The van der Waals surface area contributed by atoms with Gasteiger partial charge < -0.3 is 10.5 Å². The Morgan fingerprint density at radius 1 is 1.21 bits per heavy atom. The minimum Gasteiger partial charge on any atom is -0.482 e. The number of nitrogens with two attached hydrogens (primary N) is 1. The van der Waals surface area contributed by atoms with Crippen LogP contribution in [-0.2, 0) is 20.0 Å². The Bertz CT molecular complexity index is 1400. The summed E-state index contributed by atoms with van der Waals surface area (Å²) in [5.74, 6) is 0.583. The summed E-state index contributed by atoms with van der Waals surface area (Å²) in [5, 5.41) is 9.75. The molecule has 0 spiro atoms. The molecule has 2 N–H and O–H groups in total. The first-order valence-corrected chi connectivity index (χ1v) is 11.3. The molecule has 33 heavy (non-hydrogen) atoms. The first-order valence-electron chi connectivity index (χ1n) is 11.3. The van der Waals surface area contributed by atoms with E-state index in [4.69, 9.17) is 20.7 Å². The number of nitrogen functional groups attached to an aromatic ring is 1. The molecule has 3 aromatic heterocycles. The van der Waals surface area contributed by atoms with E-state index < -0.39 is 6.10 Å². The molecule has 8 heteroatoms. The highest BCUT2D eigenvalue weighted by Gasteiger charge is 2.35. The van der Waals surface area contributed by atoms with Crippen molar-refractivity contribution in [1.29, 1.82) is 0 Å². The fourth-order valence-electron chi connectivity index (χ4n) is 5.30. The Hall–Kier alpha value is -3.68. The summed E-state index contributed by atoms with van der Waals surface area (Å²) in [5.41, 5.74) is 14.0. The molecular formula is C25H25FN6O. The number of rotatable bonds is 1. The molecule has 0 radical (unpaired) electrons. The van der Waals surface area contributed by atoms with E-state index in [1.54, 1.807) is 12.3 Å². The van der Waals surface area contributed by atoms with Gasteiger partial charge in [-0.1, -0.05) is 6.92 Å². The average molecular weight is 445 g/mol. The molecule has 0 saturated heterocycles. The molecule has 0 unspecified atom stereocenters. The van der Waals surface area contributed by atoms with E-state index in [-0.39, 0.29) is 11.7 Å². The molecule has 0 amide bonds. The second-order valence-corrected chi connectivity index (χ2v) is 8.83. The number of hydrogen-bond donors (Lipinski definition) is 1. The smallest absolute Gasteiger partial charge is 0.166 e. The molecule has 0 aliphatic carbocycles. The number of anilines is 1. The third kappa shape index (κ3) is 2.97. The quantitative estimate of drug-likeness (QED) is 0.463. The van der Waals surface area contributed by atoms with Crippen LogP contribution in [0.15, 0.2) is 36.7 Å². The molecule has 0 saturated carbocycles. The molecule has 4 aromatic rings. The van der Waals surface area contributed by atoms with Crippen LogP contribution in [0.2, 0.25) is 0 Å². The maximum absolute atomic E-state index is 14.4. The lowest BCUT2D eigenvalue weighted by Crippen LogP contribution is -2.10. The van der Waals surface area contributed by atoms with Crippen molar-refractivity contribution >= 4 is 5.82 Å². The topological polar surface area (TPSA) is 83.8 Å². The molecule has 1 aromatic carbocycles. The van der Waals surface area contributed by atoms with Gasteiger partial charge in [0.2, 0.25) is 0 Å². The van der Waals surface area contributed by atoms with Crippen molar-refractivity contribution in [2.24, 2.45) is 7.05 Å². The maximum Gasteiger partial charge on any atom is 0.166 e. The summed E-state index contributed by atoms with van der Waals surface area (Å²) in [6.45, 7) is 4.85. The van der Waals surface area contributed by atoms with E-state index in [1.807, 2.05) is 24.7 Å². The lowest BCUT2D eigenvalue weighted by molar-refractivity contribution is 0.227. The zero-order chi connectivity index (χ0) is 22.9. The first-order chi connectivity index (χ1) is 15.9. The van der Waals surface area contributed by atoms with Crippen molar-refractivity contribution in [3.05, 3.63) is 65.0 Å². The van der Waals surface area contributed by atoms with Crippen LogP contribution in [0.1, 0.15) is 54.8 Å². The minimum atomic E-state index is -0.458. The fraction of sp³-hybridized carbons (Fsp3) is 0.320. The molecule has 168 valence electrons. The van der Waals surface area contributed by atoms with E-state index in [0.717, 1.165) is 64.3 Å². The van der Waals surface area contributed by atoms with E-state index in [9.17, 15) is 4.39 Å². The van der Waals surface area contributed by atoms with Crippen molar-refractivity contribution in [3.63, 3.8) is 0 Å².